The molecule has 1 aliphatic heterocycles. The number of hydrogen-bond donors (Lipinski definition) is 1. The van der Waals surface area contributed by atoms with Gasteiger partial charge in [-0.25, -0.2) is 0 Å². The number of rotatable bonds is 3. The number of carbonyl (C=O) groups excluding carboxylic acids is 1. The van der Waals surface area contributed by atoms with Crippen LogP contribution in [0.4, 0.5) is 0 Å². The highest BCUT2D eigenvalue weighted by molar-refractivity contribution is 5.84. The summed E-state index contributed by atoms with van der Waals surface area (Å²) in [6.07, 6.45) is 10.9. The lowest BCUT2D eigenvalue weighted by Gasteiger charge is -2.57. The first kappa shape index (κ1) is 21.4. The van der Waals surface area contributed by atoms with E-state index < -0.39 is 5.60 Å². The lowest BCUT2D eigenvalue weighted by atomic mass is 9.49. The average molecular weight is 417 g/mol. The van der Waals surface area contributed by atoms with Crippen molar-refractivity contribution in [1.29, 1.82) is 0 Å². The molecule has 0 aromatic carbocycles. The Labute approximate surface area is 183 Å². The molecule has 4 nitrogen and oxygen atoms in total. The molecule has 30 heavy (non-hydrogen) atoms. The minimum atomic E-state index is -0.425. The van der Waals surface area contributed by atoms with E-state index >= 15 is 0 Å². The average Bonchev–Trinajstić information content (AvgIpc) is 3.06. The Morgan fingerprint density at radius 1 is 0.900 bits per heavy atom. The van der Waals surface area contributed by atoms with Crippen LogP contribution in [0.5, 0.6) is 0 Å². The molecule has 170 valence electrons. The lowest BCUT2D eigenvalue weighted by molar-refractivity contribution is -0.133. The smallest absolute Gasteiger partial charge is 0.150 e. The van der Waals surface area contributed by atoms with Crippen LogP contribution >= 0.6 is 0 Å². The number of piperazine rings is 1. The molecule has 0 aromatic heterocycles. The van der Waals surface area contributed by atoms with E-state index in [0.29, 0.717) is 18.2 Å². The van der Waals surface area contributed by atoms with Gasteiger partial charge in [0.15, 0.2) is 0 Å². The van der Waals surface area contributed by atoms with Crippen molar-refractivity contribution in [3.8, 4) is 0 Å². The van der Waals surface area contributed by atoms with Gasteiger partial charge in [-0.3, -0.25) is 9.69 Å². The highest BCUT2D eigenvalue weighted by Crippen LogP contribution is 2.64. The van der Waals surface area contributed by atoms with Gasteiger partial charge in [-0.05, 0) is 107 Å². The Balaban J connectivity index is 1.26. The largest absolute Gasteiger partial charge is 0.390 e. The van der Waals surface area contributed by atoms with Crippen LogP contribution in [0.3, 0.4) is 0 Å². The summed E-state index contributed by atoms with van der Waals surface area (Å²) in [5.41, 5.74) is -0.177. The number of carbonyl (C=O) groups is 1. The van der Waals surface area contributed by atoms with E-state index in [2.05, 4.69) is 30.7 Å². The maximum atomic E-state index is 13.4. The Bertz CT molecular complexity index is 655. The van der Waals surface area contributed by atoms with Crippen LogP contribution in [0, 0.1) is 40.9 Å². The van der Waals surface area contributed by atoms with Crippen molar-refractivity contribution in [1.82, 2.24) is 9.80 Å². The molecule has 0 spiro atoms. The van der Waals surface area contributed by atoms with E-state index in [0.717, 1.165) is 75.0 Å². The third-order valence-electron chi connectivity index (χ3n) is 10.6. The summed E-state index contributed by atoms with van der Waals surface area (Å²) in [5.74, 6) is 4.90. The summed E-state index contributed by atoms with van der Waals surface area (Å²) in [6.45, 7) is 9.52. The topological polar surface area (TPSA) is 43.8 Å². The molecule has 4 heteroatoms. The molecule has 0 aromatic rings. The maximum absolute atomic E-state index is 13.4. The monoisotopic (exact) mass is 416 g/mol. The summed E-state index contributed by atoms with van der Waals surface area (Å²) in [4.78, 5) is 18.2. The second kappa shape index (κ2) is 7.85. The number of likely N-dealkylation sites (N-methyl/N-ethyl adjacent to an activating group) is 1. The van der Waals surface area contributed by atoms with Gasteiger partial charge in [0.2, 0.25) is 0 Å². The Morgan fingerprint density at radius 3 is 2.40 bits per heavy atom. The van der Waals surface area contributed by atoms with Crippen molar-refractivity contribution in [2.75, 3.05) is 39.8 Å². The van der Waals surface area contributed by atoms with Gasteiger partial charge in [-0.15, -0.1) is 0 Å². The molecule has 0 bridgehead atoms. The Kier molecular flexibility index (Phi) is 5.60. The number of nitrogens with zero attached hydrogens (tertiary/aromatic N) is 2. The molecule has 8 atom stereocenters. The van der Waals surface area contributed by atoms with E-state index in [1.54, 1.807) is 0 Å². The molecule has 1 heterocycles. The highest BCUT2D eigenvalue weighted by Gasteiger charge is 2.58. The molecule has 5 aliphatic rings. The zero-order chi connectivity index (χ0) is 21.1. The first-order valence-corrected chi connectivity index (χ1v) is 12.9. The molecule has 1 N–H and O–H groups in total. The second-order valence-corrected chi connectivity index (χ2v) is 12.4. The predicted octanol–water partition coefficient (Wildman–Crippen LogP) is 3.82. The molecule has 5 rings (SSSR count). The Hall–Kier alpha value is -0.450. The normalized spacial score (nSPS) is 49.9. The molecule has 4 saturated carbocycles. The third kappa shape index (κ3) is 3.69. The minimum absolute atomic E-state index is 0.248. The van der Waals surface area contributed by atoms with E-state index in [-0.39, 0.29) is 5.41 Å². The summed E-state index contributed by atoms with van der Waals surface area (Å²) in [6, 6.07) is 0. The Morgan fingerprint density at radius 2 is 1.63 bits per heavy atom. The summed E-state index contributed by atoms with van der Waals surface area (Å²) >= 11 is 0. The number of ketones is 1. The van der Waals surface area contributed by atoms with E-state index in [1.165, 1.54) is 38.5 Å². The van der Waals surface area contributed by atoms with Crippen LogP contribution in [0.25, 0.3) is 0 Å². The molecule has 4 aliphatic carbocycles. The molecule has 0 amide bonds. The fraction of sp³-hybridized carbons (Fsp3) is 0.962. The van der Waals surface area contributed by atoms with Gasteiger partial charge in [0.1, 0.15) is 5.78 Å². The van der Waals surface area contributed by atoms with Crippen molar-refractivity contribution in [2.24, 2.45) is 40.9 Å². The van der Waals surface area contributed by atoms with Gasteiger partial charge >= 0.3 is 0 Å². The molecular formula is C26H44N2O2. The summed E-state index contributed by atoms with van der Waals surface area (Å²) in [7, 11) is 2.18. The number of fused-ring (bicyclic) bond motifs is 5. The predicted molar refractivity (Wildman–Crippen MR) is 120 cm³/mol. The van der Waals surface area contributed by atoms with Gasteiger partial charge < -0.3 is 10.0 Å². The van der Waals surface area contributed by atoms with Crippen LogP contribution in [0.1, 0.15) is 71.6 Å². The van der Waals surface area contributed by atoms with Crippen molar-refractivity contribution in [3.63, 3.8) is 0 Å². The first-order valence-electron chi connectivity index (χ1n) is 12.9. The number of Topliss-reactive ketones (excluding diaryl/α,β-unsaturated/α-hetero) is 1. The molecule has 0 radical (unpaired) electrons. The quantitative estimate of drug-likeness (QED) is 0.760. The second-order valence-electron chi connectivity index (χ2n) is 12.4. The zero-order valence-electron chi connectivity index (χ0n) is 19.6. The summed E-state index contributed by atoms with van der Waals surface area (Å²) in [5, 5.41) is 10.6. The van der Waals surface area contributed by atoms with E-state index in [1.807, 2.05) is 0 Å². The van der Waals surface area contributed by atoms with Gasteiger partial charge in [0.25, 0.3) is 0 Å². The molecule has 1 saturated heterocycles. The standard InChI is InChI=1S/C26H44N2O2/c1-25(30)10-8-19-18(16-25)4-5-21-20(19)9-11-26(2)22(21)6-7-23(26)24(29)17-28-14-12-27(3)13-15-28/h18-23,30H,4-17H2,1-3H3/t18-,19-,20+,21+,22-,23+,25+,26-/m0/s1. The lowest BCUT2D eigenvalue weighted by Crippen LogP contribution is -2.52. The van der Waals surface area contributed by atoms with Crippen molar-refractivity contribution >= 4 is 5.78 Å². The van der Waals surface area contributed by atoms with Gasteiger partial charge in [0.05, 0.1) is 12.1 Å². The number of hydrogen-bond acceptors (Lipinski definition) is 4. The zero-order valence-corrected chi connectivity index (χ0v) is 19.6. The third-order valence-corrected chi connectivity index (χ3v) is 10.6. The van der Waals surface area contributed by atoms with Gasteiger partial charge in [-0.2, -0.15) is 0 Å². The van der Waals surface area contributed by atoms with Crippen molar-refractivity contribution in [3.05, 3.63) is 0 Å². The van der Waals surface area contributed by atoms with Gasteiger partial charge in [-0.1, -0.05) is 6.92 Å². The molecule has 0 unspecified atom stereocenters. The van der Waals surface area contributed by atoms with Crippen LogP contribution in [-0.2, 0) is 4.79 Å². The molecular weight excluding hydrogens is 372 g/mol. The fourth-order valence-corrected chi connectivity index (χ4v) is 8.95. The van der Waals surface area contributed by atoms with Crippen LogP contribution < -0.4 is 0 Å². The first-order chi connectivity index (χ1) is 14.3. The maximum Gasteiger partial charge on any atom is 0.150 e. The van der Waals surface area contributed by atoms with Crippen molar-refractivity contribution in [2.45, 2.75) is 77.2 Å². The SMILES string of the molecule is CN1CCN(CC(=O)[C@H]2CC[C@H]3[C@@H]4CC[C@H]5C[C@](C)(O)CC[C@@H]5[C@H]4CC[C@]23C)CC1. The van der Waals surface area contributed by atoms with Gasteiger partial charge in [0, 0.05) is 32.1 Å². The number of aliphatic hydroxyl groups is 1. The van der Waals surface area contributed by atoms with Crippen molar-refractivity contribution < 1.29 is 9.90 Å². The van der Waals surface area contributed by atoms with E-state index in [9.17, 15) is 9.90 Å². The summed E-state index contributed by atoms with van der Waals surface area (Å²) < 4.78 is 0. The highest BCUT2D eigenvalue weighted by atomic mass is 16.3. The van der Waals surface area contributed by atoms with Crippen LogP contribution in [-0.4, -0.2) is 66.1 Å². The fourth-order valence-electron chi connectivity index (χ4n) is 8.95. The van der Waals surface area contributed by atoms with Crippen LogP contribution in [0.15, 0.2) is 0 Å². The minimum Gasteiger partial charge on any atom is -0.390 e. The van der Waals surface area contributed by atoms with E-state index in [4.69, 9.17) is 0 Å². The van der Waals surface area contributed by atoms with Crippen LogP contribution in [0.2, 0.25) is 0 Å². The molecule has 5 fully saturated rings.